The van der Waals surface area contributed by atoms with Crippen molar-refractivity contribution in [2.45, 2.75) is 26.5 Å². The van der Waals surface area contributed by atoms with Gasteiger partial charge in [-0.3, -0.25) is 4.72 Å². The fourth-order valence-electron chi connectivity index (χ4n) is 3.13. The minimum Gasteiger partial charge on any atom is -0.357 e. The second-order valence-electron chi connectivity index (χ2n) is 6.99. The van der Waals surface area contributed by atoms with Gasteiger partial charge in [-0.15, -0.1) is 0 Å². The number of benzene rings is 2. The summed E-state index contributed by atoms with van der Waals surface area (Å²) in [5.74, 6) is 1.18. The molecule has 0 bridgehead atoms. The zero-order valence-corrected chi connectivity index (χ0v) is 18.6. The Morgan fingerprint density at radius 1 is 0.968 bits per heavy atom. The van der Waals surface area contributed by atoms with Crippen molar-refractivity contribution in [2.24, 2.45) is 0 Å². The number of nitrogens with zero attached hydrogens (tertiary/aromatic N) is 3. The van der Waals surface area contributed by atoms with Crippen molar-refractivity contribution in [3.05, 3.63) is 71.8 Å². The molecular formula is C22H26FN5O2S. The van der Waals surface area contributed by atoms with E-state index in [1.807, 2.05) is 13.0 Å². The lowest BCUT2D eigenvalue weighted by atomic mass is 10.2. The maximum absolute atomic E-state index is 13.8. The average Bonchev–Trinajstić information content (AvgIpc) is 2.71. The summed E-state index contributed by atoms with van der Waals surface area (Å²) in [5.41, 5.74) is 1.27. The first-order chi connectivity index (χ1) is 14.8. The van der Waals surface area contributed by atoms with E-state index in [1.165, 1.54) is 18.2 Å². The molecule has 7 nitrogen and oxygen atoms in total. The Bertz CT molecular complexity index is 1130. The first-order valence-corrected chi connectivity index (χ1v) is 11.7. The molecule has 0 fully saturated rings. The van der Waals surface area contributed by atoms with Crippen LogP contribution in [-0.4, -0.2) is 31.5 Å². The summed E-state index contributed by atoms with van der Waals surface area (Å²) in [5, 5.41) is 3.22. The van der Waals surface area contributed by atoms with E-state index >= 15 is 0 Å². The van der Waals surface area contributed by atoms with Gasteiger partial charge in [0.05, 0.1) is 5.75 Å². The molecule has 0 aliphatic heterocycles. The molecule has 0 unspecified atom stereocenters. The quantitative estimate of drug-likeness (QED) is 0.508. The number of aryl methyl sites for hydroxylation is 1. The molecule has 0 saturated heterocycles. The van der Waals surface area contributed by atoms with Crippen molar-refractivity contribution in [3.8, 4) is 0 Å². The SMILES string of the molecule is CCN(CC)c1cc(Nc2ccc(NS(=O)(=O)Cc3ccccc3F)cc2)nc(C)n1. The second-order valence-corrected chi connectivity index (χ2v) is 8.71. The molecule has 1 aromatic heterocycles. The van der Waals surface area contributed by atoms with Crippen LogP contribution in [0, 0.1) is 12.7 Å². The lowest BCUT2D eigenvalue weighted by Crippen LogP contribution is -2.23. The number of anilines is 4. The third kappa shape index (κ3) is 6.14. The maximum atomic E-state index is 13.8. The zero-order chi connectivity index (χ0) is 22.4. The van der Waals surface area contributed by atoms with E-state index in [9.17, 15) is 12.8 Å². The summed E-state index contributed by atoms with van der Waals surface area (Å²) in [4.78, 5) is 11.0. The van der Waals surface area contributed by atoms with Crippen LogP contribution in [0.25, 0.3) is 0 Å². The highest BCUT2D eigenvalue weighted by Gasteiger charge is 2.14. The Balaban J connectivity index is 1.70. The Labute approximate surface area is 182 Å². The fraction of sp³-hybridized carbons (Fsp3) is 0.273. The number of aromatic nitrogens is 2. The van der Waals surface area contributed by atoms with Gasteiger partial charge in [-0.05, 0) is 51.1 Å². The smallest absolute Gasteiger partial charge is 0.237 e. The number of rotatable bonds is 9. The summed E-state index contributed by atoms with van der Waals surface area (Å²) < 4.78 is 41.0. The molecule has 164 valence electrons. The third-order valence-corrected chi connectivity index (χ3v) is 5.88. The minimum absolute atomic E-state index is 0.122. The number of hydrogen-bond acceptors (Lipinski definition) is 6. The van der Waals surface area contributed by atoms with Gasteiger partial charge in [0.2, 0.25) is 10.0 Å². The van der Waals surface area contributed by atoms with Crippen LogP contribution < -0.4 is 14.9 Å². The van der Waals surface area contributed by atoms with Gasteiger partial charge in [-0.2, -0.15) is 0 Å². The molecule has 0 aliphatic rings. The molecule has 9 heteroatoms. The van der Waals surface area contributed by atoms with E-state index in [0.29, 0.717) is 17.3 Å². The molecule has 31 heavy (non-hydrogen) atoms. The highest BCUT2D eigenvalue weighted by molar-refractivity contribution is 7.91. The van der Waals surface area contributed by atoms with Crippen LogP contribution >= 0.6 is 0 Å². The molecular weight excluding hydrogens is 417 g/mol. The summed E-state index contributed by atoms with van der Waals surface area (Å²) in [7, 11) is -3.75. The molecule has 0 amide bonds. The van der Waals surface area contributed by atoms with Gasteiger partial charge in [-0.25, -0.2) is 22.8 Å². The normalized spacial score (nSPS) is 11.2. The van der Waals surface area contributed by atoms with Gasteiger partial charge in [0.15, 0.2) is 0 Å². The Morgan fingerprint density at radius 2 is 1.61 bits per heavy atom. The third-order valence-electron chi connectivity index (χ3n) is 4.65. The molecule has 1 heterocycles. The lowest BCUT2D eigenvalue weighted by molar-refractivity contribution is 0.591. The molecule has 0 atom stereocenters. The van der Waals surface area contributed by atoms with Crippen molar-refractivity contribution in [1.29, 1.82) is 0 Å². The van der Waals surface area contributed by atoms with Crippen LogP contribution in [0.3, 0.4) is 0 Å². The van der Waals surface area contributed by atoms with Crippen LogP contribution in [0.5, 0.6) is 0 Å². The predicted octanol–water partition coefficient (Wildman–Crippen LogP) is 4.46. The van der Waals surface area contributed by atoms with E-state index in [2.05, 4.69) is 38.8 Å². The zero-order valence-electron chi connectivity index (χ0n) is 17.8. The molecule has 2 aromatic carbocycles. The van der Waals surface area contributed by atoms with Crippen molar-refractivity contribution >= 4 is 33.0 Å². The van der Waals surface area contributed by atoms with Gasteiger partial charge in [0.1, 0.15) is 23.3 Å². The number of hydrogen-bond donors (Lipinski definition) is 2. The van der Waals surface area contributed by atoms with E-state index < -0.39 is 21.6 Å². The molecule has 0 saturated carbocycles. The standard InChI is InChI=1S/C22H26FN5O2S/c1-4-28(5-2)22-14-21(24-16(3)25-22)26-18-10-12-19(13-11-18)27-31(29,30)15-17-8-6-7-9-20(17)23/h6-14,27H,4-5,15H2,1-3H3,(H,24,25,26). The largest absolute Gasteiger partial charge is 0.357 e. The van der Waals surface area contributed by atoms with Crippen molar-refractivity contribution in [2.75, 3.05) is 28.0 Å². The molecule has 0 aliphatic carbocycles. The summed E-state index contributed by atoms with van der Waals surface area (Å²) in [6.07, 6.45) is 0. The molecule has 2 N–H and O–H groups in total. The minimum atomic E-state index is -3.75. The van der Waals surface area contributed by atoms with Gasteiger partial charge in [0, 0.05) is 36.1 Å². The van der Waals surface area contributed by atoms with Gasteiger partial charge < -0.3 is 10.2 Å². The van der Waals surface area contributed by atoms with Gasteiger partial charge in [0.25, 0.3) is 0 Å². The van der Waals surface area contributed by atoms with Crippen LogP contribution in [0.1, 0.15) is 25.2 Å². The highest BCUT2D eigenvalue weighted by atomic mass is 32.2. The van der Waals surface area contributed by atoms with E-state index in [1.54, 1.807) is 30.3 Å². The summed E-state index contributed by atoms with van der Waals surface area (Å²) in [6, 6.07) is 14.5. The van der Waals surface area contributed by atoms with E-state index in [-0.39, 0.29) is 5.56 Å². The maximum Gasteiger partial charge on any atom is 0.237 e. The Kier molecular flexibility index (Phi) is 7.06. The first kappa shape index (κ1) is 22.5. The van der Waals surface area contributed by atoms with E-state index in [0.717, 1.165) is 24.6 Å². The second kappa shape index (κ2) is 9.74. The summed E-state index contributed by atoms with van der Waals surface area (Å²) in [6.45, 7) is 7.66. The predicted molar refractivity (Wildman–Crippen MR) is 123 cm³/mol. The molecule has 0 spiro atoms. The average molecular weight is 444 g/mol. The number of nitrogens with one attached hydrogen (secondary N) is 2. The molecule has 0 radical (unpaired) electrons. The van der Waals surface area contributed by atoms with Crippen molar-refractivity contribution in [1.82, 2.24) is 9.97 Å². The highest BCUT2D eigenvalue weighted by Crippen LogP contribution is 2.22. The van der Waals surface area contributed by atoms with Crippen LogP contribution in [0.4, 0.5) is 27.4 Å². The summed E-state index contributed by atoms with van der Waals surface area (Å²) >= 11 is 0. The fourth-order valence-corrected chi connectivity index (χ4v) is 4.34. The van der Waals surface area contributed by atoms with Crippen molar-refractivity contribution in [3.63, 3.8) is 0 Å². The van der Waals surface area contributed by atoms with Gasteiger partial charge >= 0.3 is 0 Å². The number of halogens is 1. The van der Waals surface area contributed by atoms with Crippen molar-refractivity contribution < 1.29 is 12.8 Å². The van der Waals surface area contributed by atoms with Gasteiger partial charge in [-0.1, -0.05) is 18.2 Å². The number of sulfonamides is 1. The van der Waals surface area contributed by atoms with E-state index in [4.69, 9.17) is 0 Å². The molecule has 3 rings (SSSR count). The topological polar surface area (TPSA) is 87.2 Å². The van der Waals surface area contributed by atoms with Crippen LogP contribution in [0.2, 0.25) is 0 Å². The lowest BCUT2D eigenvalue weighted by Gasteiger charge is -2.20. The van der Waals surface area contributed by atoms with Crippen LogP contribution in [-0.2, 0) is 15.8 Å². The Hall–Kier alpha value is -3.20. The first-order valence-electron chi connectivity index (χ1n) is 10.0. The Morgan fingerprint density at radius 3 is 2.26 bits per heavy atom. The van der Waals surface area contributed by atoms with Crippen LogP contribution in [0.15, 0.2) is 54.6 Å². The monoisotopic (exact) mass is 443 g/mol. The molecule has 3 aromatic rings.